The van der Waals surface area contributed by atoms with Crippen molar-refractivity contribution in [3.05, 3.63) is 65.0 Å². The van der Waals surface area contributed by atoms with Gasteiger partial charge in [-0.25, -0.2) is 4.39 Å². The highest BCUT2D eigenvalue weighted by atomic mass is 19.1. The van der Waals surface area contributed by atoms with Gasteiger partial charge in [-0.1, -0.05) is 6.07 Å². The topological polar surface area (TPSA) is 59.3 Å². The van der Waals surface area contributed by atoms with Crippen LogP contribution in [0.25, 0.3) is 6.08 Å². The van der Waals surface area contributed by atoms with E-state index in [1.54, 1.807) is 18.2 Å². The lowest BCUT2D eigenvalue weighted by atomic mass is 10.0. The Balaban J connectivity index is 2.37. The van der Waals surface area contributed by atoms with Gasteiger partial charge in [-0.3, -0.25) is 4.79 Å². The molecule has 4 nitrogen and oxygen atoms in total. The predicted molar refractivity (Wildman–Crippen MR) is 83.9 cm³/mol. The van der Waals surface area contributed by atoms with E-state index in [1.165, 1.54) is 44.6 Å². The summed E-state index contributed by atoms with van der Waals surface area (Å²) in [5.74, 6) is 0.131. The monoisotopic (exact) mass is 311 g/mol. The average Bonchev–Trinajstić information content (AvgIpc) is 2.59. The molecule has 0 unspecified atom stereocenters. The van der Waals surface area contributed by atoms with Crippen LogP contribution in [-0.2, 0) is 0 Å². The summed E-state index contributed by atoms with van der Waals surface area (Å²) in [6.07, 6.45) is 1.45. The first-order chi connectivity index (χ1) is 11.1. The molecule has 0 heterocycles. The van der Waals surface area contributed by atoms with E-state index in [0.717, 1.165) is 0 Å². The number of nitriles is 1. The smallest absolute Gasteiger partial charge is 0.203 e. The van der Waals surface area contributed by atoms with Gasteiger partial charge in [0.15, 0.2) is 11.5 Å². The Hall–Kier alpha value is -3.13. The standard InChI is InChI=1S/C18H14FNO3/c1-22-16-8-3-12(10-17(16)23-2)9-14(11-20)18(21)13-4-6-15(19)7-5-13/h3-10H,1-2H3/b14-9+. The van der Waals surface area contributed by atoms with Crippen LogP contribution < -0.4 is 9.47 Å². The molecule has 0 fully saturated rings. The zero-order chi connectivity index (χ0) is 16.8. The highest BCUT2D eigenvalue weighted by Gasteiger charge is 2.13. The molecule has 0 spiro atoms. The summed E-state index contributed by atoms with van der Waals surface area (Å²) in [4.78, 5) is 12.3. The molecule has 2 rings (SSSR count). The van der Waals surface area contributed by atoms with Crippen molar-refractivity contribution in [2.75, 3.05) is 14.2 Å². The number of carbonyl (C=O) groups is 1. The van der Waals surface area contributed by atoms with Gasteiger partial charge >= 0.3 is 0 Å². The molecule has 23 heavy (non-hydrogen) atoms. The number of benzene rings is 2. The van der Waals surface area contributed by atoms with Gasteiger partial charge in [0, 0.05) is 5.56 Å². The quantitative estimate of drug-likeness (QED) is 0.480. The Kier molecular flexibility index (Phi) is 5.11. The van der Waals surface area contributed by atoms with Gasteiger partial charge in [0.05, 0.1) is 14.2 Å². The number of hydrogen-bond acceptors (Lipinski definition) is 4. The third-order valence-electron chi connectivity index (χ3n) is 3.19. The van der Waals surface area contributed by atoms with E-state index in [9.17, 15) is 14.4 Å². The van der Waals surface area contributed by atoms with Crippen molar-refractivity contribution < 1.29 is 18.7 Å². The molecule has 0 bridgehead atoms. The molecule has 0 atom stereocenters. The molecule has 0 aliphatic heterocycles. The average molecular weight is 311 g/mol. The number of methoxy groups -OCH3 is 2. The Labute approximate surface area is 133 Å². The van der Waals surface area contributed by atoms with Crippen molar-refractivity contribution in [1.82, 2.24) is 0 Å². The fourth-order valence-corrected chi connectivity index (χ4v) is 2.01. The number of nitrogens with zero attached hydrogens (tertiary/aromatic N) is 1. The maximum absolute atomic E-state index is 12.9. The van der Waals surface area contributed by atoms with Gasteiger partial charge in [0.2, 0.25) is 5.78 Å². The first-order valence-electron chi connectivity index (χ1n) is 6.73. The molecule has 0 saturated heterocycles. The van der Waals surface area contributed by atoms with Gasteiger partial charge in [0.1, 0.15) is 17.5 Å². The Bertz CT molecular complexity index is 789. The van der Waals surface area contributed by atoms with Gasteiger partial charge in [-0.2, -0.15) is 5.26 Å². The van der Waals surface area contributed by atoms with Gasteiger partial charge in [0.25, 0.3) is 0 Å². The SMILES string of the molecule is COc1ccc(/C=C(\C#N)C(=O)c2ccc(F)cc2)cc1OC. The number of carbonyl (C=O) groups excluding carboxylic acids is 1. The third-order valence-corrected chi connectivity index (χ3v) is 3.19. The summed E-state index contributed by atoms with van der Waals surface area (Å²) in [5.41, 5.74) is 0.818. The summed E-state index contributed by atoms with van der Waals surface area (Å²) in [6, 6.07) is 12.0. The summed E-state index contributed by atoms with van der Waals surface area (Å²) in [5, 5.41) is 9.23. The van der Waals surface area contributed by atoms with E-state index in [4.69, 9.17) is 9.47 Å². The zero-order valence-corrected chi connectivity index (χ0v) is 12.7. The van der Waals surface area contributed by atoms with Crippen LogP contribution in [0.5, 0.6) is 11.5 Å². The molecule has 0 aromatic heterocycles. The number of ketones is 1. The predicted octanol–water partition coefficient (Wildman–Crippen LogP) is 3.63. The summed E-state index contributed by atoms with van der Waals surface area (Å²) in [7, 11) is 3.02. The van der Waals surface area contributed by atoms with Crippen LogP contribution in [0.4, 0.5) is 4.39 Å². The van der Waals surface area contributed by atoms with E-state index in [-0.39, 0.29) is 11.1 Å². The second-order valence-electron chi connectivity index (χ2n) is 4.62. The van der Waals surface area contributed by atoms with Gasteiger partial charge in [-0.05, 0) is 48.0 Å². The molecule has 0 radical (unpaired) electrons. The largest absolute Gasteiger partial charge is 0.493 e. The van der Waals surface area contributed by atoms with E-state index < -0.39 is 11.6 Å². The minimum atomic E-state index is -0.470. The number of rotatable bonds is 5. The summed E-state index contributed by atoms with van der Waals surface area (Å²) >= 11 is 0. The molecule has 116 valence electrons. The Morgan fingerprint density at radius 1 is 1.09 bits per heavy atom. The first kappa shape index (κ1) is 16.2. The molecule has 0 aliphatic rings. The van der Waals surface area contributed by atoms with E-state index in [2.05, 4.69) is 0 Å². The number of halogens is 1. The number of Topliss-reactive ketones (excluding diaryl/α,β-unsaturated/α-hetero) is 1. The second-order valence-corrected chi connectivity index (χ2v) is 4.62. The van der Waals surface area contributed by atoms with Crippen molar-refractivity contribution in [3.63, 3.8) is 0 Å². The molecule has 5 heteroatoms. The molecule has 2 aromatic carbocycles. The maximum atomic E-state index is 12.9. The zero-order valence-electron chi connectivity index (χ0n) is 12.7. The van der Waals surface area contributed by atoms with Crippen LogP contribution in [0.15, 0.2) is 48.0 Å². The summed E-state index contributed by atoms with van der Waals surface area (Å²) < 4.78 is 23.2. The summed E-state index contributed by atoms with van der Waals surface area (Å²) in [6.45, 7) is 0. The highest BCUT2D eigenvalue weighted by molar-refractivity contribution is 6.14. The fourth-order valence-electron chi connectivity index (χ4n) is 2.01. The van der Waals surface area contributed by atoms with Crippen LogP contribution in [-0.4, -0.2) is 20.0 Å². The highest BCUT2D eigenvalue weighted by Crippen LogP contribution is 2.28. The van der Waals surface area contributed by atoms with Gasteiger partial charge < -0.3 is 9.47 Å². The van der Waals surface area contributed by atoms with Crippen molar-refractivity contribution in [3.8, 4) is 17.6 Å². The van der Waals surface area contributed by atoms with Crippen LogP contribution in [0.1, 0.15) is 15.9 Å². The fraction of sp³-hybridized carbons (Fsp3) is 0.111. The minimum Gasteiger partial charge on any atom is -0.493 e. The molecule has 0 N–H and O–H groups in total. The molecule has 2 aromatic rings. The Morgan fingerprint density at radius 3 is 2.30 bits per heavy atom. The molecular formula is C18H14FNO3. The molecule has 0 amide bonds. The first-order valence-corrected chi connectivity index (χ1v) is 6.73. The van der Waals surface area contributed by atoms with E-state index in [1.807, 2.05) is 6.07 Å². The van der Waals surface area contributed by atoms with Crippen molar-refractivity contribution in [2.24, 2.45) is 0 Å². The van der Waals surface area contributed by atoms with E-state index in [0.29, 0.717) is 17.1 Å². The van der Waals surface area contributed by atoms with E-state index >= 15 is 0 Å². The third kappa shape index (κ3) is 3.74. The van der Waals surface area contributed by atoms with Crippen LogP contribution in [0.3, 0.4) is 0 Å². The number of ether oxygens (including phenoxy) is 2. The number of hydrogen-bond donors (Lipinski definition) is 0. The molecule has 0 aliphatic carbocycles. The lowest BCUT2D eigenvalue weighted by Crippen LogP contribution is -2.02. The maximum Gasteiger partial charge on any atom is 0.203 e. The van der Waals surface area contributed by atoms with Crippen molar-refractivity contribution >= 4 is 11.9 Å². The van der Waals surface area contributed by atoms with Crippen molar-refractivity contribution in [1.29, 1.82) is 5.26 Å². The van der Waals surface area contributed by atoms with Crippen molar-refractivity contribution in [2.45, 2.75) is 0 Å². The lowest BCUT2D eigenvalue weighted by molar-refractivity contribution is 0.104. The molecular weight excluding hydrogens is 297 g/mol. The molecule has 0 saturated carbocycles. The van der Waals surface area contributed by atoms with Crippen LogP contribution >= 0.6 is 0 Å². The van der Waals surface area contributed by atoms with Gasteiger partial charge in [-0.15, -0.1) is 0 Å². The van der Waals surface area contributed by atoms with Crippen LogP contribution in [0, 0.1) is 17.1 Å². The number of allylic oxidation sites excluding steroid dienone is 1. The normalized spacial score (nSPS) is 10.8. The second kappa shape index (κ2) is 7.23. The Morgan fingerprint density at radius 2 is 1.74 bits per heavy atom. The lowest BCUT2D eigenvalue weighted by Gasteiger charge is -2.08. The minimum absolute atomic E-state index is 0.0520. The van der Waals surface area contributed by atoms with Crippen LogP contribution in [0.2, 0.25) is 0 Å².